The fourth-order valence-corrected chi connectivity index (χ4v) is 2.54. The number of hydrogen-bond donors (Lipinski definition) is 1. The first-order valence-corrected chi connectivity index (χ1v) is 5.98. The second kappa shape index (κ2) is 3.92. The van der Waals surface area contributed by atoms with Crippen molar-refractivity contribution < 1.29 is 14.3 Å². The Morgan fingerprint density at radius 3 is 2.84 bits per heavy atom. The van der Waals surface area contributed by atoms with E-state index in [0.29, 0.717) is 13.1 Å². The molecule has 7 heteroatoms. The number of rotatable bonds is 1. The van der Waals surface area contributed by atoms with Crippen LogP contribution >= 0.6 is 0 Å². The van der Waals surface area contributed by atoms with Crippen molar-refractivity contribution in [3.63, 3.8) is 0 Å². The van der Waals surface area contributed by atoms with Crippen molar-refractivity contribution in [1.82, 2.24) is 9.47 Å². The zero-order valence-electron chi connectivity index (χ0n) is 10.3. The van der Waals surface area contributed by atoms with E-state index in [2.05, 4.69) is 0 Å². The third kappa shape index (κ3) is 1.74. The Morgan fingerprint density at radius 2 is 2.16 bits per heavy atom. The topological polar surface area (TPSA) is 94.6 Å². The number of aromatic nitrogens is 1. The molecule has 0 spiro atoms. The Morgan fingerprint density at radius 1 is 1.42 bits per heavy atom. The minimum Gasteiger partial charge on any atom is -0.365 e. The molecule has 0 aromatic carbocycles. The van der Waals surface area contributed by atoms with Crippen LogP contribution in [0.2, 0.25) is 0 Å². The molecule has 100 valence electrons. The lowest BCUT2D eigenvalue weighted by Gasteiger charge is -2.31. The van der Waals surface area contributed by atoms with Gasteiger partial charge < -0.3 is 19.9 Å². The van der Waals surface area contributed by atoms with Gasteiger partial charge in [-0.2, -0.15) is 0 Å². The molecule has 19 heavy (non-hydrogen) atoms. The summed E-state index contributed by atoms with van der Waals surface area (Å²) in [5, 5.41) is 0. The molecule has 1 aromatic rings. The molecule has 2 unspecified atom stereocenters. The maximum Gasteiger partial charge on any atom is 0.272 e. The summed E-state index contributed by atoms with van der Waals surface area (Å²) in [7, 11) is 0. The summed E-state index contributed by atoms with van der Waals surface area (Å²) in [5.41, 5.74) is 4.76. The lowest BCUT2D eigenvalue weighted by Crippen LogP contribution is -2.46. The van der Waals surface area contributed by atoms with Crippen LogP contribution in [0, 0.1) is 0 Å². The monoisotopic (exact) mass is 263 g/mol. The van der Waals surface area contributed by atoms with Gasteiger partial charge in [-0.1, -0.05) is 0 Å². The van der Waals surface area contributed by atoms with Crippen molar-refractivity contribution in [1.29, 1.82) is 0 Å². The molecule has 1 fully saturated rings. The molecule has 0 bridgehead atoms. The van der Waals surface area contributed by atoms with Gasteiger partial charge in [0.15, 0.2) is 11.7 Å². The fourth-order valence-electron chi connectivity index (χ4n) is 2.54. The van der Waals surface area contributed by atoms with Crippen molar-refractivity contribution >= 4 is 11.8 Å². The van der Waals surface area contributed by atoms with E-state index in [1.807, 2.05) is 6.92 Å². The van der Waals surface area contributed by atoms with Crippen LogP contribution in [0.25, 0.3) is 0 Å². The Kier molecular flexibility index (Phi) is 2.46. The van der Waals surface area contributed by atoms with Crippen LogP contribution in [0.1, 0.15) is 27.8 Å². The summed E-state index contributed by atoms with van der Waals surface area (Å²) in [6, 6.07) is 1.17. The summed E-state index contributed by atoms with van der Waals surface area (Å²) < 4.78 is 7.17. The number of primary amides is 1. The summed E-state index contributed by atoms with van der Waals surface area (Å²) in [4.78, 5) is 36.7. The number of nitrogens with zero attached hydrogens (tertiary/aromatic N) is 2. The minimum absolute atomic E-state index is 0.0359. The number of carbonyl (C=O) groups excluding carboxylic acids is 2. The molecule has 0 saturated carbocycles. The fraction of sp³-hybridized carbons (Fsp3) is 0.417. The maximum absolute atomic E-state index is 12.2. The van der Waals surface area contributed by atoms with Crippen LogP contribution in [0.4, 0.5) is 0 Å². The van der Waals surface area contributed by atoms with E-state index in [0.717, 1.165) is 0 Å². The number of carbonyl (C=O) groups is 2. The van der Waals surface area contributed by atoms with Gasteiger partial charge in [0.2, 0.25) is 0 Å². The number of pyridine rings is 1. The Balaban J connectivity index is 2.10. The lowest BCUT2D eigenvalue weighted by molar-refractivity contribution is -0.00971. The summed E-state index contributed by atoms with van der Waals surface area (Å²) in [6.45, 7) is 2.79. The summed E-state index contributed by atoms with van der Waals surface area (Å²) in [5.74, 6) is -1.05. The molecule has 0 aliphatic carbocycles. The van der Waals surface area contributed by atoms with Crippen molar-refractivity contribution in [3.8, 4) is 0 Å². The first-order valence-electron chi connectivity index (χ1n) is 5.98. The van der Waals surface area contributed by atoms with Crippen LogP contribution in [0.3, 0.4) is 0 Å². The molecule has 2 N–H and O–H groups in total. The zero-order chi connectivity index (χ0) is 13.7. The van der Waals surface area contributed by atoms with Gasteiger partial charge in [0, 0.05) is 18.8 Å². The van der Waals surface area contributed by atoms with Gasteiger partial charge in [-0.25, -0.2) is 0 Å². The highest BCUT2D eigenvalue weighted by Crippen LogP contribution is 2.24. The molecule has 2 atom stereocenters. The largest absolute Gasteiger partial charge is 0.365 e. The van der Waals surface area contributed by atoms with E-state index in [4.69, 9.17) is 10.5 Å². The number of nitrogens with two attached hydrogens (primary N) is 1. The van der Waals surface area contributed by atoms with E-state index < -0.39 is 11.3 Å². The molecule has 1 aromatic heterocycles. The first-order chi connectivity index (χ1) is 8.97. The third-order valence-corrected chi connectivity index (χ3v) is 3.42. The molecule has 2 aliphatic heterocycles. The molecule has 7 nitrogen and oxygen atoms in total. The van der Waals surface area contributed by atoms with Crippen molar-refractivity contribution in [2.75, 3.05) is 6.54 Å². The molecular weight excluding hydrogens is 250 g/mol. The van der Waals surface area contributed by atoms with Crippen LogP contribution < -0.4 is 11.2 Å². The van der Waals surface area contributed by atoms with E-state index in [9.17, 15) is 14.4 Å². The van der Waals surface area contributed by atoms with Gasteiger partial charge in [-0.15, -0.1) is 0 Å². The predicted molar refractivity (Wildman–Crippen MR) is 64.6 cm³/mol. The van der Waals surface area contributed by atoms with E-state index in [-0.39, 0.29) is 29.5 Å². The second-order valence-electron chi connectivity index (χ2n) is 4.81. The normalized spacial score (nSPS) is 25.1. The smallest absolute Gasteiger partial charge is 0.272 e. The van der Waals surface area contributed by atoms with E-state index in [1.54, 1.807) is 9.47 Å². The predicted octanol–water partition coefficient (Wildman–Crippen LogP) is -0.852. The Hall–Kier alpha value is -2.15. The lowest BCUT2D eigenvalue weighted by atomic mass is 10.1. The molecule has 2 amide bonds. The van der Waals surface area contributed by atoms with E-state index >= 15 is 0 Å². The standard InChI is InChI=1S/C12H13N3O4/c1-6-3-15-10(19-6)5-14-4-7(11(13)17)9(16)2-8(14)12(15)18/h2,4,6,10H,3,5H2,1H3,(H2,13,17). The van der Waals surface area contributed by atoms with Gasteiger partial charge in [-0.3, -0.25) is 14.4 Å². The quantitative estimate of drug-likeness (QED) is 0.713. The summed E-state index contributed by atoms with van der Waals surface area (Å²) in [6.07, 6.45) is 0.950. The van der Waals surface area contributed by atoms with Gasteiger partial charge in [0.05, 0.1) is 12.6 Å². The van der Waals surface area contributed by atoms with Gasteiger partial charge in [0.1, 0.15) is 11.3 Å². The van der Waals surface area contributed by atoms with Crippen LogP contribution in [0.15, 0.2) is 17.1 Å². The highest BCUT2D eigenvalue weighted by Gasteiger charge is 2.39. The number of hydrogen-bond acceptors (Lipinski definition) is 4. The third-order valence-electron chi connectivity index (χ3n) is 3.42. The number of amides is 2. The molecule has 3 rings (SSSR count). The molecule has 3 heterocycles. The van der Waals surface area contributed by atoms with Crippen molar-refractivity contribution in [2.45, 2.75) is 25.8 Å². The Labute approximate surface area is 108 Å². The number of ether oxygens (including phenoxy) is 1. The number of fused-ring (bicyclic) bond motifs is 2. The van der Waals surface area contributed by atoms with Gasteiger partial charge >= 0.3 is 0 Å². The Bertz CT molecular complexity index is 636. The molecule has 1 saturated heterocycles. The van der Waals surface area contributed by atoms with Crippen molar-refractivity contribution in [3.05, 3.63) is 33.7 Å². The maximum atomic E-state index is 12.2. The van der Waals surface area contributed by atoms with E-state index in [1.165, 1.54) is 12.3 Å². The highest BCUT2D eigenvalue weighted by molar-refractivity contribution is 5.96. The molecule has 0 radical (unpaired) electrons. The summed E-state index contributed by atoms with van der Waals surface area (Å²) >= 11 is 0. The molecule has 2 aliphatic rings. The second-order valence-corrected chi connectivity index (χ2v) is 4.81. The van der Waals surface area contributed by atoms with Gasteiger partial charge in [0.25, 0.3) is 11.8 Å². The van der Waals surface area contributed by atoms with Crippen LogP contribution in [-0.4, -0.2) is 40.2 Å². The highest BCUT2D eigenvalue weighted by atomic mass is 16.5. The average molecular weight is 263 g/mol. The molecular formula is C12H13N3O4. The van der Waals surface area contributed by atoms with Crippen LogP contribution in [0.5, 0.6) is 0 Å². The average Bonchev–Trinajstić information content (AvgIpc) is 2.70. The first kappa shape index (κ1) is 11.9. The van der Waals surface area contributed by atoms with Crippen LogP contribution in [-0.2, 0) is 11.3 Å². The minimum atomic E-state index is -0.795. The zero-order valence-corrected chi connectivity index (χ0v) is 10.3. The van der Waals surface area contributed by atoms with Crippen molar-refractivity contribution in [2.24, 2.45) is 5.73 Å². The van der Waals surface area contributed by atoms with Gasteiger partial charge in [-0.05, 0) is 6.92 Å². The SMILES string of the molecule is CC1CN2C(=O)c3cc(=O)c(C(N)=O)cn3CC2O1.